The molecule has 3 amide bonds. The minimum Gasteiger partial charge on any atom is -0.493 e. The number of nitrogens with zero attached hydrogens (tertiary/aromatic N) is 1. The Balaban J connectivity index is 1.79. The quantitative estimate of drug-likeness (QED) is 0.804. The Hall–Kier alpha value is -3.27. The maximum Gasteiger partial charge on any atom is 0.336 e. The third-order valence-electron chi connectivity index (χ3n) is 3.88. The van der Waals surface area contributed by atoms with E-state index in [2.05, 4.69) is 10.6 Å². The zero-order chi connectivity index (χ0) is 19.6. The number of hydrogen-bond acceptors (Lipinski definition) is 6. The third kappa shape index (κ3) is 3.51. The number of para-hydroxylation sites is 1. The number of carbonyl (C=O) groups is 2. The lowest BCUT2D eigenvalue weighted by Crippen LogP contribution is -2.47. The number of nitrogens with one attached hydrogen (secondary N) is 2. The number of methoxy groups -OCH3 is 2. The lowest BCUT2D eigenvalue weighted by Gasteiger charge is -2.28. The molecule has 27 heavy (non-hydrogen) atoms. The van der Waals surface area contributed by atoms with Crippen LogP contribution in [0.4, 0.5) is 16.2 Å². The first-order valence-corrected chi connectivity index (χ1v) is 9.25. The van der Waals surface area contributed by atoms with E-state index < -0.39 is 28.5 Å². The SMILES string of the molecule is COc1ccc(NC(=O)CN2C(=O)Nc3ccccc3S2(=O)=O)cc1OC. The van der Waals surface area contributed by atoms with Crippen molar-refractivity contribution in [3.05, 3.63) is 42.5 Å². The van der Waals surface area contributed by atoms with Gasteiger partial charge in [0, 0.05) is 11.8 Å². The van der Waals surface area contributed by atoms with Gasteiger partial charge in [-0.05, 0) is 24.3 Å². The van der Waals surface area contributed by atoms with Crippen molar-refractivity contribution in [1.82, 2.24) is 4.31 Å². The van der Waals surface area contributed by atoms with Crippen LogP contribution in [0.15, 0.2) is 47.4 Å². The van der Waals surface area contributed by atoms with Crippen molar-refractivity contribution in [3.8, 4) is 11.5 Å². The van der Waals surface area contributed by atoms with Crippen LogP contribution in [0, 0.1) is 0 Å². The summed E-state index contributed by atoms with van der Waals surface area (Å²) >= 11 is 0. The predicted octanol–water partition coefficient (Wildman–Crippen LogP) is 1.88. The third-order valence-corrected chi connectivity index (χ3v) is 5.66. The van der Waals surface area contributed by atoms with Gasteiger partial charge in [-0.2, -0.15) is 0 Å². The molecule has 0 spiro atoms. The van der Waals surface area contributed by atoms with Crippen LogP contribution in [0.2, 0.25) is 0 Å². The maximum atomic E-state index is 12.6. The highest BCUT2D eigenvalue weighted by molar-refractivity contribution is 7.90. The molecule has 0 atom stereocenters. The van der Waals surface area contributed by atoms with E-state index in [1.54, 1.807) is 18.2 Å². The predicted molar refractivity (Wildman–Crippen MR) is 97.5 cm³/mol. The number of sulfonamides is 1. The molecule has 1 heterocycles. The first-order valence-electron chi connectivity index (χ1n) is 7.81. The van der Waals surface area contributed by atoms with Crippen LogP contribution >= 0.6 is 0 Å². The summed E-state index contributed by atoms with van der Waals surface area (Å²) in [5.74, 6) is 0.193. The first kappa shape index (κ1) is 18.5. The van der Waals surface area contributed by atoms with Gasteiger partial charge in [0.1, 0.15) is 11.4 Å². The van der Waals surface area contributed by atoms with Gasteiger partial charge in [-0.3, -0.25) is 4.79 Å². The average molecular weight is 391 g/mol. The molecule has 9 nitrogen and oxygen atoms in total. The Kier molecular flexibility index (Phi) is 4.91. The van der Waals surface area contributed by atoms with Crippen molar-refractivity contribution >= 4 is 33.3 Å². The molecule has 2 aromatic carbocycles. The molecular weight excluding hydrogens is 374 g/mol. The fraction of sp³-hybridized carbons (Fsp3) is 0.176. The molecule has 0 saturated carbocycles. The highest BCUT2D eigenvalue weighted by atomic mass is 32.2. The molecule has 0 bridgehead atoms. The van der Waals surface area contributed by atoms with Gasteiger partial charge in [-0.25, -0.2) is 17.5 Å². The summed E-state index contributed by atoms with van der Waals surface area (Å²) in [4.78, 5) is 24.4. The monoisotopic (exact) mass is 391 g/mol. The van der Waals surface area contributed by atoms with E-state index in [4.69, 9.17) is 9.47 Å². The molecule has 0 unspecified atom stereocenters. The Morgan fingerprint density at radius 1 is 1.11 bits per heavy atom. The first-order chi connectivity index (χ1) is 12.9. The number of carbonyl (C=O) groups excluding carboxylic acids is 2. The highest BCUT2D eigenvalue weighted by Gasteiger charge is 2.37. The van der Waals surface area contributed by atoms with Crippen LogP contribution in [0.3, 0.4) is 0 Å². The number of benzene rings is 2. The largest absolute Gasteiger partial charge is 0.493 e. The maximum absolute atomic E-state index is 12.6. The van der Waals surface area contributed by atoms with Crippen molar-refractivity contribution in [3.63, 3.8) is 0 Å². The zero-order valence-corrected chi connectivity index (χ0v) is 15.4. The summed E-state index contributed by atoms with van der Waals surface area (Å²) in [5.41, 5.74) is 0.548. The van der Waals surface area contributed by atoms with E-state index in [0.717, 1.165) is 0 Å². The van der Waals surface area contributed by atoms with Crippen molar-refractivity contribution in [2.75, 3.05) is 31.4 Å². The van der Waals surface area contributed by atoms with E-state index in [-0.39, 0.29) is 10.6 Å². The van der Waals surface area contributed by atoms with E-state index in [9.17, 15) is 18.0 Å². The number of hydrogen-bond donors (Lipinski definition) is 2. The van der Waals surface area contributed by atoms with Gasteiger partial charge >= 0.3 is 6.03 Å². The lowest BCUT2D eigenvalue weighted by atomic mass is 10.2. The Bertz CT molecular complexity index is 1010. The molecule has 1 aliphatic heterocycles. The molecule has 2 aromatic rings. The van der Waals surface area contributed by atoms with Gasteiger partial charge in [0.2, 0.25) is 5.91 Å². The number of fused-ring (bicyclic) bond motifs is 1. The van der Waals surface area contributed by atoms with Gasteiger partial charge in [0.05, 0.1) is 19.9 Å². The van der Waals surface area contributed by atoms with Crippen LogP contribution < -0.4 is 20.1 Å². The molecule has 2 N–H and O–H groups in total. The summed E-state index contributed by atoms with van der Waals surface area (Å²) in [6, 6.07) is 9.78. The molecule has 0 aliphatic carbocycles. The summed E-state index contributed by atoms with van der Waals surface area (Å²) in [7, 11) is -1.20. The minimum atomic E-state index is -4.13. The number of urea groups is 1. The summed E-state index contributed by atoms with van der Waals surface area (Å²) in [5, 5.41) is 5.00. The molecule has 0 radical (unpaired) electrons. The number of amides is 3. The van der Waals surface area contributed by atoms with E-state index in [1.807, 2.05) is 0 Å². The fourth-order valence-electron chi connectivity index (χ4n) is 2.60. The zero-order valence-electron chi connectivity index (χ0n) is 14.6. The molecular formula is C17H17N3O6S. The van der Waals surface area contributed by atoms with Crippen LogP contribution in [0.25, 0.3) is 0 Å². The molecule has 0 aromatic heterocycles. The van der Waals surface area contributed by atoms with Crippen LogP contribution in [-0.2, 0) is 14.8 Å². The Labute approximate surface area is 155 Å². The number of rotatable bonds is 5. The van der Waals surface area contributed by atoms with Gasteiger partial charge in [-0.1, -0.05) is 12.1 Å². The standard InChI is InChI=1S/C17H17N3O6S/c1-25-13-8-7-11(9-14(13)26-2)18-16(21)10-20-17(22)19-12-5-3-4-6-15(12)27(20,23)24/h3-9H,10H2,1-2H3,(H,18,21)(H,19,22). The van der Waals surface area contributed by atoms with Gasteiger partial charge in [-0.15, -0.1) is 0 Å². The van der Waals surface area contributed by atoms with E-state index >= 15 is 0 Å². The fourth-order valence-corrected chi connectivity index (χ4v) is 4.04. The number of anilines is 2. The second-order valence-electron chi connectivity index (χ2n) is 5.56. The van der Waals surface area contributed by atoms with Crippen LogP contribution in [-0.4, -0.2) is 45.4 Å². The normalized spacial score (nSPS) is 14.7. The molecule has 10 heteroatoms. The average Bonchev–Trinajstić information content (AvgIpc) is 2.65. The second-order valence-corrected chi connectivity index (χ2v) is 7.39. The second kappa shape index (κ2) is 7.16. The van der Waals surface area contributed by atoms with Crippen molar-refractivity contribution in [2.45, 2.75) is 4.90 Å². The van der Waals surface area contributed by atoms with Crippen LogP contribution in [0.1, 0.15) is 0 Å². The summed E-state index contributed by atoms with van der Waals surface area (Å²) in [6.07, 6.45) is 0. The molecule has 1 aliphatic rings. The van der Waals surface area contributed by atoms with E-state index in [0.29, 0.717) is 21.5 Å². The highest BCUT2D eigenvalue weighted by Crippen LogP contribution is 2.31. The molecule has 142 valence electrons. The van der Waals surface area contributed by atoms with Gasteiger partial charge in [0.15, 0.2) is 11.5 Å². The van der Waals surface area contributed by atoms with Gasteiger partial charge < -0.3 is 20.1 Å². The van der Waals surface area contributed by atoms with Crippen LogP contribution in [0.5, 0.6) is 11.5 Å². The topological polar surface area (TPSA) is 114 Å². The van der Waals surface area contributed by atoms with Crippen molar-refractivity contribution in [1.29, 1.82) is 0 Å². The lowest BCUT2D eigenvalue weighted by molar-refractivity contribution is -0.116. The Morgan fingerprint density at radius 2 is 1.81 bits per heavy atom. The molecule has 3 rings (SSSR count). The minimum absolute atomic E-state index is 0.0662. The molecule has 0 saturated heterocycles. The van der Waals surface area contributed by atoms with Crippen molar-refractivity contribution < 1.29 is 27.5 Å². The smallest absolute Gasteiger partial charge is 0.336 e. The van der Waals surface area contributed by atoms with Gasteiger partial charge in [0.25, 0.3) is 10.0 Å². The van der Waals surface area contributed by atoms with E-state index in [1.165, 1.54) is 38.5 Å². The number of ether oxygens (including phenoxy) is 2. The molecule has 0 fully saturated rings. The van der Waals surface area contributed by atoms with Crippen molar-refractivity contribution in [2.24, 2.45) is 0 Å². The summed E-state index contributed by atoms with van der Waals surface area (Å²) in [6.45, 7) is -0.670. The summed E-state index contributed by atoms with van der Waals surface area (Å²) < 4.78 is 36.0. The Morgan fingerprint density at radius 3 is 2.52 bits per heavy atom.